The standard InChI is InChI=1S/C13H21NO2/c1-3-5-6-9-14-10-7-8-12(11-14)13(15)16-4-2/h1,12H,4-11H2,2H3/t12-/m0/s1. The third-order valence-electron chi connectivity index (χ3n) is 2.92. The summed E-state index contributed by atoms with van der Waals surface area (Å²) in [6.45, 7) is 5.25. The van der Waals surface area contributed by atoms with E-state index in [2.05, 4.69) is 10.8 Å². The summed E-state index contributed by atoms with van der Waals surface area (Å²) in [5.74, 6) is 2.67. The van der Waals surface area contributed by atoms with Gasteiger partial charge in [0.25, 0.3) is 0 Å². The molecule has 0 radical (unpaired) electrons. The van der Waals surface area contributed by atoms with Crippen LogP contribution in [0.3, 0.4) is 0 Å². The SMILES string of the molecule is C#CCCCN1CCC[C@H](C(=O)OCC)C1. The van der Waals surface area contributed by atoms with E-state index in [0.29, 0.717) is 6.61 Å². The van der Waals surface area contributed by atoms with Crippen LogP contribution in [0.15, 0.2) is 0 Å². The molecule has 3 nitrogen and oxygen atoms in total. The number of carbonyl (C=O) groups is 1. The van der Waals surface area contributed by atoms with Gasteiger partial charge in [-0.05, 0) is 39.3 Å². The molecule has 1 aliphatic heterocycles. The van der Waals surface area contributed by atoms with Gasteiger partial charge in [-0.3, -0.25) is 4.79 Å². The van der Waals surface area contributed by atoms with Crippen molar-refractivity contribution in [1.29, 1.82) is 0 Å². The molecule has 3 heteroatoms. The lowest BCUT2D eigenvalue weighted by Gasteiger charge is -2.31. The number of carbonyl (C=O) groups excluding carboxylic acids is 1. The Morgan fingerprint density at radius 3 is 3.12 bits per heavy atom. The Balaban J connectivity index is 2.29. The third-order valence-corrected chi connectivity index (χ3v) is 2.92. The quantitative estimate of drug-likeness (QED) is 0.403. The van der Waals surface area contributed by atoms with E-state index in [9.17, 15) is 4.79 Å². The maximum Gasteiger partial charge on any atom is 0.310 e. The van der Waals surface area contributed by atoms with Crippen molar-refractivity contribution in [3.8, 4) is 12.3 Å². The number of nitrogens with zero attached hydrogens (tertiary/aromatic N) is 1. The summed E-state index contributed by atoms with van der Waals surface area (Å²) >= 11 is 0. The summed E-state index contributed by atoms with van der Waals surface area (Å²) in [7, 11) is 0. The van der Waals surface area contributed by atoms with Crippen LogP contribution in [0.4, 0.5) is 0 Å². The number of unbranched alkanes of at least 4 members (excludes halogenated alkanes) is 1. The Morgan fingerprint density at radius 2 is 2.44 bits per heavy atom. The van der Waals surface area contributed by atoms with Crippen molar-refractivity contribution in [1.82, 2.24) is 4.90 Å². The van der Waals surface area contributed by atoms with Crippen LogP contribution in [0, 0.1) is 18.3 Å². The maximum atomic E-state index is 11.6. The molecule has 1 heterocycles. The molecule has 0 amide bonds. The van der Waals surface area contributed by atoms with Gasteiger partial charge in [-0.2, -0.15) is 0 Å². The van der Waals surface area contributed by atoms with Gasteiger partial charge in [-0.25, -0.2) is 0 Å². The minimum absolute atomic E-state index is 0.0378. The lowest BCUT2D eigenvalue weighted by Crippen LogP contribution is -2.39. The van der Waals surface area contributed by atoms with Crippen molar-refractivity contribution in [3.63, 3.8) is 0 Å². The number of terminal acetylenes is 1. The van der Waals surface area contributed by atoms with E-state index in [-0.39, 0.29) is 11.9 Å². The van der Waals surface area contributed by atoms with Gasteiger partial charge >= 0.3 is 5.97 Å². The van der Waals surface area contributed by atoms with Crippen molar-refractivity contribution in [2.75, 3.05) is 26.2 Å². The van der Waals surface area contributed by atoms with Crippen LogP contribution in [-0.2, 0) is 9.53 Å². The van der Waals surface area contributed by atoms with Gasteiger partial charge in [0.2, 0.25) is 0 Å². The van der Waals surface area contributed by atoms with Gasteiger partial charge in [0.1, 0.15) is 0 Å². The highest BCUT2D eigenvalue weighted by atomic mass is 16.5. The van der Waals surface area contributed by atoms with Crippen LogP contribution in [0.1, 0.15) is 32.6 Å². The smallest absolute Gasteiger partial charge is 0.310 e. The summed E-state index contributed by atoms with van der Waals surface area (Å²) in [5.41, 5.74) is 0. The molecule has 16 heavy (non-hydrogen) atoms. The molecule has 0 aromatic heterocycles. The minimum Gasteiger partial charge on any atom is -0.466 e. The van der Waals surface area contributed by atoms with Crippen LogP contribution in [-0.4, -0.2) is 37.1 Å². The summed E-state index contributed by atoms with van der Waals surface area (Å²) in [5, 5.41) is 0. The van der Waals surface area contributed by atoms with Crippen molar-refractivity contribution >= 4 is 5.97 Å². The van der Waals surface area contributed by atoms with Crippen molar-refractivity contribution < 1.29 is 9.53 Å². The van der Waals surface area contributed by atoms with Crippen LogP contribution < -0.4 is 0 Å². The Labute approximate surface area is 98.1 Å². The second-order valence-electron chi connectivity index (χ2n) is 4.20. The molecule has 0 bridgehead atoms. The topological polar surface area (TPSA) is 29.5 Å². The van der Waals surface area contributed by atoms with Crippen molar-refractivity contribution in [3.05, 3.63) is 0 Å². The second kappa shape index (κ2) is 7.29. The fourth-order valence-electron chi connectivity index (χ4n) is 2.12. The van der Waals surface area contributed by atoms with Gasteiger partial charge in [-0.1, -0.05) is 0 Å². The summed E-state index contributed by atoms with van der Waals surface area (Å²) in [6.07, 6.45) is 9.10. The fraction of sp³-hybridized carbons (Fsp3) is 0.769. The zero-order valence-electron chi connectivity index (χ0n) is 10.1. The largest absolute Gasteiger partial charge is 0.466 e. The van der Waals surface area contributed by atoms with E-state index in [0.717, 1.165) is 45.3 Å². The van der Waals surface area contributed by atoms with E-state index in [4.69, 9.17) is 11.2 Å². The van der Waals surface area contributed by atoms with E-state index < -0.39 is 0 Å². The molecule has 1 aliphatic rings. The van der Waals surface area contributed by atoms with E-state index >= 15 is 0 Å². The number of likely N-dealkylation sites (tertiary alicyclic amines) is 1. The minimum atomic E-state index is -0.0378. The Kier molecular flexibility index (Phi) is 5.95. The van der Waals surface area contributed by atoms with E-state index in [1.54, 1.807) is 0 Å². The molecule has 0 aliphatic carbocycles. The molecule has 1 fully saturated rings. The number of piperidine rings is 1. The number of hydrogen-bond donors (Lipinski definition) is 0. The third kappa shape index (κ3) is 4.24. The molecule has 0 unspecified atom stereocenters. The molecule has 1 rings (SSSR count). The highest BCUT2D eigenvalue weighted by Gasteiger charge is 2.26. The number of ether oxygens (including phenoxy) is 1. The van der Waals surface area contributed by atoms with Crippen LogP contribution in [0.25, 0.3) is 0 Å². The molecular formula is C13H21NO2. The average Bonchev–Trinajstić information content (AvgIpc) is 2.30. The zero-order chi connectivity index (χ0) is 11.8. The first-order valence-electron chi connectivity index (χ1n) is 6.10. The zero-order valence-corrected chi connectivity index (χ0v) is 10.1. The lowest BCUT2D eigenvalue weighted by molar-refractivity contribution is -0.149. The predicted molar refractivity (Wildman–Crippen MR) is 63.9 cm³/mol. The van der Waals surface area contributed by atoms with E-state index in [1.165, 1.54) is 0 Å². The van der Waals surface area contributed by atoms with Gasteiger partial charge in [0, 0.05) is 13.0 Å². The molecule has 1 atom stereocenters. The first-order chi connectivity index (χ1) is 7.77. The summed E-state index contributed by atoms with van der Waals surface area (Å²) in [4.78, 5) is 13.9. The Morgan fingerprint density at radius 1 is 1.62 bits per heavy atom. The normalized spacial score (nSPS) is 21.4. The first-order valence-corrected chi connectivity index (χ1v) is 6.10. The maximum absolute atomic E-state index is 11.6. The van der Waals surface area contributed by atoms with Gasteiger partial charge in [-0.15, -0.1) is 12.3 Å². The molecule has 0 spiro atoms. The van der Waals surface area contributed by atoms with E-state index in [1.807, 2.05) is 6.92 Å². The fourth-order valence-corrected chi connectivity index (χ4v) is 2.12. The van der Waals surface area contributed by atoms with Gasteiger partial charge in [0.05, 0.1) is 12.5 Å². The molecule has 90 valence electrons. The predicted octanol–water partition coefficient (Wildman–Crippen LogP) is 1.67. The molecule has 1 saturated heterocycles. The Hall–Kier alpha value is -1.01. The number of esters is 1. The molecule has 0 aromatic rings. The number of rotatable bonds is 5. The average molecular weight is 223 g/mol. The first kappa shape index (κ1) is 13.1. The molecule has 0 saturated carbocycles. The molecule has 0 aromatic carbocycles. The van der Waals surface area contributed by atoms with Crippen LogP contribution in [0.2, 0.25) is 0 Å². The monoisotopic (exact) mass is 223 g/mol. The van der Waals surface area contributed by atoms with Crippen molar-refractivity contribution in [2.45, 2.75) is 32.6 Å². The highest BCUT2D eigenvalue weighted by molar-refractivity contribution is 5.72. The Bertz CT molecular complexity index is 257. The van der Waals surface area contributed by atoms with Crippen LogP contribution >= 0.6 is 0 Å². The van der Waals surface area contributed by atoms with Gasteiger partial charge < -0.3 is 9.64 Å². The lowest BCUT2D eigenvalue weighted by atomic mass is 9.98. The molecule has 0 N–H and O–H groups in total. The highest BCUT2D eigenvalue weighted by Crippen LogP contribution is 2.18. The second-order valence-corrected chi connectivity index (χ2v) is 4.20. The van der Waals surface area contributed by atoms with Crippen molar-refractivity contribution in [2.24, 2.45) is 5.92 Å². The summed E-state index contributed by atoms with van der Waals surface area (Å²) in [6, 6.07) is 0. The number of hydrogen-bond acceptors (Lipinski definition) is 3. The summed E-state index contributed by atoms with van der Waals surface area (Å²) < 4.78 is 5.06. The van der Waals surface area contributed by atoms with Crippen LogP contribution in [0.5, 0.6) is 0 Å². The van der Waals surface area contributed by atoms with Gasteiger partial charge in [0.15, 0.2) is 0 Å². The molecular weight excluding hydrogens is 202 g/mol.